The highest BCUT2D eigenvalue weighted by Crippen LogP contribution is 2.31. The van der Waals surface area contributed by atoms with Gasteiger partial charge in [0.1, 0.15) is 5.82 Å². The fourth-order valence-electron chi connectivity index (χ4n) is 2.01. The number of nitrogens with two attached hydrogens (primary N) is 1. The first kappa shape index (κ1) is 13.2. The van der Waals surface area contributed by atoms with E-state index < -0.39 is 0 Å². The van der Waals surface area contributed by atoms with Crippen molar-refractivity contribution < 1.29 is 4.39 Å². The standard InChI is InChI=1S/C15H15BrFN/c1-10(11-6-3-2-4-7-11)15(18)12-8-5-9-13(16)14(12)17/h2-10,15H,18H2,1H3. The van der Waals surface area contributed by atoms with Crippen LogP contribution in [0.5, 0.6) is 0 Å². The molecule has 2 N–H and O–H groups in total. The minimum Gasteiger partial charge on any atom is -0.323 e. The first-order valence-corrected chi connectivity index (χ1v) is 6.65. The van der Waals surface area contributed by atoms with Crippen LogP contribution in [-0.4, -0.2) is 0 Å². The SMILES string of the molecule is CC(c1ccccc1)C(N)c1cccc(Br)c1F. The third kappa shape index (κ3) is 2.62. The average molecular weight is 308 g/mol. The van der Waals surface area contributed by atoms with E-state index in [0.29, 0.717) is 10.0 Å². The van der Waals surface area contributed by atoms with Crippen LogP contribution in [0.25, 0.3) is 0 Å². The molecule has 0 spiro atoms. The van der Waals surface area contributed by atoms with Crippen molar-refractivity contribution in [2.24, 2.45) is 5.73 Å². The molecular formula is C15H15BrFN. The predicted molar refractivity (Wildman–Crippen MR) is 75.9 cm³/mol. The van der Waals surface area contributed by atoms with Gasteiger partial charge in [0.2, 0.25) is 0 Å². The number of hydrogen-bond donors (Lipinski definition) is 1. The maximum atomic E-state index is 14.0. The van der Waals surface area contributed by atoms with Crippen molar-refractivity contribution in [3.05, 3.63) is 69.9 Å². The van der Waals surface area contributed by atoms with Crippen LogP contribution in [0.4, 0.5) is 4.39 Å². The maximum Gasteiger partial charge on any atom is 0.142 e. The van der Waals surface area contributed by atoms with Gasteiger partial charge in [0.15, 0.2) is 0 Å². The molecule has 0 saturated heterocycles. The molecule has 0 radical (unpaired) electrons. The van der Waals surface area contributed by atoms with Gasteiger partial charge in [-0.1, -0.05) is 49.4 Å². The van der Waals surface area contributed by atoms with E-state index in [2.05, 4.69) is 15.9 Å². The molecule has 0 amide bonds. The fraction of sp³-hybridized carbons (Fsp3) is 0.200. The van der Waals surface area contributed by atoms with Crippen LogP contribution in [0.1, 0.15) is 30.0 Å². The van der Waals surface area contributed by atoms with Gasteiger partial charge in [0, 0.05) is 17.5 Å². The molecule has 2 aromatic carbocycles. The Bertz CT molecular complexity index is 527. The van der Waals surface area contributed by atoms with Crippen molar-refractivity contribution in [1.82, 2.24) is 0 Å². The molecule has 0 fully saturated rings. The summed E-state index contributed by atoms with van der Waals surface area (Å²) in [5.74, 6) is -0.206. The van der Waals surface area contributed by atoms with E-state index in [-0.39, 0.29) is 17.8 Å². The Morgan fingerprint density at radius 2 is 1.72 bits per heavy atom. The molecular weight excluding hydrogens is 293 g/mol. The largest absolute Gasteiger partial charge is 0.323 e. The maximum absolute atomic E-state index is 14.0. The number of rotatable bonds is 3. The Balaban J connectivity index is 2.31. The molecule has 2 unspecified atom stereocenters. The lowest BCUT2D eigenvalue weighted by atomic mass is 9.89. The summed E-state index contributed by atoms with van der Waals surface area (Å²) in [6.45, 7) is 2.01. The van der Waals surface area contributed by atoms with Gasteiger partial charge in [-0.15, -0.1) is 0 Å². The average Bonchev–Trinajstić information content (AvgIpc) is 2.41. The van der Waals surface area contributed by atoms with Crippen molar-refractivity contribution in [3.63, 3.8) is 0 Å². The summed E-state index contributed by atoms with van der Waals surface area (Å²) in [5, 5.41) is 0. The number of hydrogen-bond acceptors (Lipinski definition) is 1. The second-order valence-electron chi connectivity index (χ2n) is 4.37. The van der Waals surface area contributed by atoms with Crippen LogP contribution in [0.15, 0.2) is 53.0 Å². The monoisotopic (exact) mass is 307 g/mol. The Kier molecular flexibility index (Phi) is 4.15. The van der Waals surface area contributed by atoms with Gasteiger partial charge in [-0.3, -0.25) is 0 Å². The van der Waals surface area contributed by atoms with Crippen molar-refractivity contribution in [2.75, 3.05) is 0 Å². The van der Waals surface area contributed by atoms with Gasteiger partial charge in [0.05, 0.1) is 4.47 Å². The van der Waals surface area contributed by atoms with Crippen molar-refractivity contribution >= 4 is 15.9 Å². The molecule has 2 aromatic rings. The molecule has 2 atom stereocenters. The van der Waals surface area contributed by atoms with Crippen LogP contribution in [0.2, 0.25) is 0 Å². The topological polar surface area (TPSA) is 26.0 Å². The Morgan fingerprint density at radius 1 is 1.06 bits per heavy atom. The summed E-state index contributed by atoms with van der Waals surface area (Å²) < 4.78 is 14.5. The third-order valence-corrected chi connectivity index (χ3v) is 3.82. The molecule has 1 nitrogen and oxygen atoms in total. The van der Waals surface area contributed by atoms with E-state index in [1.807, 2.05) is 37.3 Å². The molecule has 18 heavy (non-hydrogen) atoms. The molecule has 94 valence electrons. The minimum absolute atomic E-state index is 0.0648. The summed E-state index contributed by atoms with van der Waals surface area (Å²) in [6.07, 6.45) is 0. The van der Waals surface area contributed by atoms with Crippen LogP contribution >= 0.6 is 15.9 Å². The van der Waals surface area contributed by atoms with E-state index in [4.69, 9.17) is 5.73 Å². The van der Waals surface area contributed by atoms with Gasteiger partial charge in [-0.25, -0.2) is 4.39 Å². The second-order valence-corrected chi connectivity index (χ2v) is 5.22. The Morgan fingerprint density at radius 3 is 2.39 bits per heavy atom. The van der Waals surface area contributed by atoms with Crippen LogP contribution in [0.3, 0.4) is 0 Å². The summed E-state index contributed by atoms with van der Waals surface area (Å²) >= 11 is 3.19. The summed E-state index contributed by atoms with van der Waals surface area (Å²) in [6, 6.07) is 14.8. The highest BCUT2D eigenvalue weighted by molar-refractivity contribution is 9.10. The molecule has 3 heteroatoms. The lowest BCUT2D eigenvalue weighted by Gasteiger charge is -2.21. The van der Waals surface area contributed by atoms with Crippen LogP contribution < -0.4 is 5.73 Å². The molecule has 0 saturated carbocycles. The van der Waals surface area contributed by atoms with E-state index in [1.165, 1.54) is 0 Å². The van der Waals surface area contributed by atoms with Gasteiger partial charge < -0.3 is 5.73 Å². The first-order valence-electron chi connectivity index (χ1n) is 5.85. The van der Waals surface area contributed by atoms with Crippen molar-refractivity contribution in [3.8, 4) is 0 Å². The summed E-state index contributed by atoms with van der Waals surface area (Å²) in [4.78, 5) is 0. The number of halogens is 2. The first-order chi connectivity index (χ1) is 8.61. The molecule has 0 aliphatic carbocycles. The quantitative estimate of drug-likeness (QED) is 0.894. The molecule has 0 aliphatic heterocycles. The predicted octanol–water partition coefficient (Wildman–Crippen LogP) is 4.39. The van der Waals surface area contributed by atoms with Crippen molar-refractivity contribution in [2.45, 2.75) is 18.9 Å². The zero-order valence-corrected chi connectivity index (χ0v) is 11.7. The van der Waals surface area contributed by atoms with Crippen LogP contribution in [-0.2, 0) is 0 Å². The summed E-state index contributed by atoms with van der Waals surface area (Å²) in [5.41, 5.74) is 7.84. The Hall–Kier alpha value is -1.19. The molecule has 0 aromatic heterocycles. The van der Waals surface area contributed by atoms with Gasteiger partial charge in [0.25, 0.3) is 0 Å². The smallest absolute Gasteiger partial charge is 0.142 e. The van der Waals surface area contributed by atoms with E-state index in [1.54, 1.807) is 18.2 Å². The molecule has 0 aliphatic rings. The van der Waals surface area contributed by atoms with Gasteiger partial charge in [-0.2, -0.15) is 0 Å². The van der Waals surface area contributed by atoms with Gasteiger partial charge in [-0.05, 0) is 27.6 Å². The van der Waals surface area contributed by atoms with Crippen molar-refractivity contribution in [1.29, 1.82) is 0 Å². The van der Waals surface area contributed by atoms with Crippen LogP contribution in [0, 0.1) is 5.82 Å². The second kappa shape index (κ2) is 5.63. The fourth-order valence-corrected chi connectivity index (χ4v) is 2.39. The zero-order chi connectivity index (χ0) is 13.1. The normalized spacial score (nSPS) is 14.2. The van der Waals surface area contributed by atoms with E-state index in [9.17, 15) is 4.39 Å². The van der Waals surface area contributed by atoms with E-state index >= 15 is 0 Å². The molecule has 2 rings (SSSR count). The highest BCUT2D eigenvalue weighted by atomic mass is 79.9. The summed E-state index contributed by atoms with van der Waals surface area (Å²) in [7, 11) is 0. The lowest BCUT2D eigenvalue weighted by molar-refractivity contribution is 0.536. The van der Waals surface area contributed by atoms with E-state index in [0.717, 1.165) is 5.56 Å². The molecule has 0 bridgehead atoms. The number of benzene rings is 2. The highest BCUT2D eigenvalue weighted by Gasteiger charge is 2.20. The lowest BCUT2D eigenvalue weighted by Crippen LogP contribution is -2.19. The Labute approximate surface area is 115 Å². The minimum atomic E-state index is -0.357. The zero-order valence-electron chi connectivity index (χ0n) is 10.1. The molecule has 0 heterocycles. The third-order valence-electron chi connectivity index (χ3n) is 3.20. The van der Waals surface area contributed by atoms with Gasteiger partial charge >= 0.3 is 0 Å².